The van der Waals surface area contributed by atoms with Gasteiger partial charge in [-0.2, -0.15) is 5.10 Å². The van der Waals surface area contributed by atoms with Crippen LogP contribution in [0.4, 0.5) is 0 Å². The van der Waals surface area contributed by atoms with Crippen LogP contribution < -0.4 is 10.9 Å². The summed E-state index contributed by atoms with van der Waals surface area (Å²) in [5, 5.41) is 9.59. The highest BCUT2D eigenvalue weighted by Gasteiger charge is 2.45. The zero-order valence-electron chi connectivity index (χ0n) is 18.2. The van der Waals surface area contributed by atoms with E-state index in [4.69, 9.17) is 16.6 Å². The topological polar surface area (TPSA) is 90.5 Å². The maximum Gasteiger partial charge on any atom is 0.260 e. The number of benzene rings is 1. The Kier molecular flexibility index (Phi) is 5.06. The summed E-state index contributed by atoms with van der Waals surface area (Å²) in [5.74, 6) is 0.720. The predicted molar refractivity (Wildman–Crippen MR) is 123 cm³/mol. The van der Waals surface area contributed by atoms with Gasteiger partial charge in [-0.3, -0.25) is 4.79 Å². The van der Waals surface area contributed by atoms with Crippen molar-refractivity contribution in [2.45, 2.75) is 44.8 Å². The van der Waals surface area contributed by atoms with Crippen LogP contribution in [-0.4, -0.2) is 29.3 Å². The lowest BCUT2D eigenvalue weighted by atomic mass is 10.00. The molecule has 9 heteroatoms. The number of aryl methyl sites for hydroxylation is 1. The van der Waals surface area contributed by atoms with Gasteiger partial charge in [-0.1, -0.05) is 23.7 Å². The zero-order valence-corrected chi connectivity index (χ0v) is 19.0. The van der Waals surface area contributed by atoms with Crippen molar-refractivity contribution in [3.63, 3.8) is 0 Å². The number of nitrogens with zero attached hydrogens (tertiary/aromatic N) is 6. The molecule has 3 aromatic heterocycles. The Hall–Kier alpha value is -3.10. The number of halogens is 1. The van der Waals surface area contributed by atoms with Crippen LogP contribution in [0, 0.1) is 0 Å². The van der Waals surface area contributed by atoms with Crippen molar-refractivity contribution in [1.82, 2.24) is 34.6 Å². The summed E-state index contributed by atoms with van der Waals surface area (Å²) in [5.41, 5.74) is 2.86. The maximum atomic E-state index is 12.4. The first-order valence-electron chi connectivity index (χ1n) is 10.6. The highest BCUT2D eigenvalue weighted by molar-refractivity contribution is 6.31. The van der Waals surface area contributed by atoms with Gasteiger partial charge in [0.25, 0.3) is 5.56 Å². The number of nitrogens with one attached hydrogen (secondary N) is 1. The van der Waals surface area contributed by atoms with E-state index in [1.165, 1.54) is 10.9 Å². The second-order valence-corrected chi connectivity index (χ2v) is 9.01. The second-order valence-electron chi connectivity index (χ2n) is 8.60. The first-order valence-corrected chi connectivity index (χ1v) is 11.0. The van der Waals surface area contributed by atoms with Gasteiger partial charge in [-0.15, -0.1) is 0 Å². The summed E-state index contributed by atoms with van der Waals surface area (Å²) in [7, 11) is 1.69. The Bertz CT molecular complexity index is 1370. The smallest absolute Gasteiger partial charge is 0.260 e. The highest BCUT2D eigenvalue weighted by Crippen LogP contribution is 2.48. The van der Waals surface area contributed by atoms with E-state index >= 15 is 0 Å². The Morgan fingerprint density at radius 1 is 1.22 bits per heavy atom. The van der Waals surface area contributed by atoms with Crippen LogP contribution in [0.25, 0.3) is 22.2 Å². The van der Waals surface area contributed by atoms with Crippen LogP contribution in [-0.2, 0) is 19.1 Å². The Morgan fingerprint density at radius 2 is 2.03 bits per heavy atom. The lowest BCUT2D eigenvalue weighted by molar-refractivity contribution is 0.505. The molecule has 1 N–H and O–H groups in total. The minimum Gasteiger partial charge on any atom is -0.302 e. The summed E-state index contributed by atoms with van der Waals surface area (Å²) in [6, 6.07) is 6.01. The van der Waals surface area contributed by atoms with Crippen molar-refractivity contribution in [3.8, 4) is 11.1 Å². The third-order valence-corrected chi connectivity index (χ3v) is 6.31. The monoisotopic (exact) mass is 449 g/mol. The molecular weight excluding hydrogens is 426 g/mol. The van der Waals surface area contributed by atoms with Crippen molar-refractivity contribution in [1.29, 1.82) is 0 Å². The largest absolute Gasteiger partial charge is 0.302 e. The first-order chi connectivity index (χ1) is 15.4. The summed E-state index contributed by atoms with van der Waals surface area (Å²) < 4.78 is 3.37. The average molecular weight is 450 g/mol. The van der Waals surface area contributed by atoms with Gasteiger partial charge in [0, 0.05) is 36.0 Å². The molecule has 1 aromatic carbocycles. The molecule has 164 valence electrons. The van der Waals surface area contributed by atoms with Crippen LogP contribution in [0.1, 0.15) is 44.1 Å². The Labute approximate surface area is 190 Å². The first kappa shape index (κ1) is 20.8. The minimum absolute atomic E-state index is 0.101. The van der Waals surface area contributed by atoms with Crippen molar-refractivity contribution in [3.05, 3.63) is 69.9 Å². The molecule has 5 rings (SSSR count). The molecule has 0 unspecified atom stereocenters. The lowest BCUT2D eigenvalue weighted by Crippen LogP contribution is -2.29. The van der Waals surface area contributed by atoms with E-state index in [-0.39, 0.29) is 17.1 Å². The van der Waals surface area contributed by atoms with E-state index in [0.717, 1.165) is 40.8 Å². The van der Waals surface area contributed by atoms with E-state index in [0.29, 0.717) is 17.1 Å². The summed E-state index contributed by atoms with van der Waals surface area (Å²) >= 11 is 6.68. The van der Waals surface area contributed by atoms with Gasteiger partial charge in [-0.05, 0) is 43.9 Å². The summed E-state index contributed by atoms with van der Waals surface area (Å²) in [6.07, 6.45) is 8.65. The van der Waals surface area contributed by atoms with Crippen molar-refractivity contribution in [2.75, 3.05) is 0 Å². The van der Waals surface area contributed by atoms with E-state index in [9.17, 15) is 4.79 Å². The predicted octanol–water partition coefficient (Wildman–Crippen LogP) is 3.60. The molecule has 32 heavy (non-hydrogen) atoms. The zero-order chi connectivity index (χ0) is 22.5. The van der Waals surface area contributed by atoms with Gasteiger partial charge in [0.15, 0.2) is 5.65 Å². The highest BCUT2D eigenvalue weighted by atomic mass is 35.5. The van der Waals surface area contributed by atoms with Gasteiger partial charge >= 0.3 is 0 Å². The van der Waals surface area contributed by atoms with E-state index in [1.54, 1.807) is 19.4 Å². The fourth-order valence-electron chi connectivity index (χ4n) is 4.02. The van der Waals surface area contributed by atoms with Gasteiger partial charge in [0.2, 0.25) is 0 Å². The lowest BCUT2D eigenvalue weighted by Gasteiger charge is -2.19. The van der Waals surface area contributed by atoms with E-state index < -0.39 is 0 Å². The molecule has 0 radical (unpaired) electrons. The van der Waals surface area contributed by atoms with E-state index in [2.05, 4.69) is 34.2 Å². The molecule has 0 bridgehead atoms. The third kappa shape index (κ3) is 3.59. The van der Waals surface area contributed by atoms with Crippen LogP contribution in [0.15, 0.2) is 47.9 Å². The number of hydrogen-bond acceptors (Lipinski definition) is 6. The fraction of sp³-hybridized carbons (Fsp3) is 0.348. The number of rotatable bonds is 6. The normalized spacial score (nSPS) is 14.9. The van der Waals surface area contributed by atoms with Crippen LogP contribution in [0.2, 0.25) is 5.02 Å². The van der Waals surface area contributed by atoms with Gasteiger partial charge in [0.05, 0.1) is 30.0 Å². The molecule has 3 heterocycles. The molecule has 1 saturated carbocycles. The van der Waals surface area contributed by atoms with Crippen molar-refractivity contribution >= 4 is 22.6 Å². The Balaban J connectivity index is 1.39. The summed E-state index contributed by atoms with van der Waals surface area (Å²) in [4.78, 5) is 25.8. The van der Waals surface area contributed by atoms with Crippen LogP contribution in [0.5, 0.6) is 0 Å². The van der Waals surface area contributed by atoms with Crippen molar-refractivity contribution < 1.29 is 0 Å². The average Bonchev–Trinajstić information content (AvgIpc) is 3.44. The fourth-order valence-corrected chi connectivity index (χ4v) is 4.38. The molecule has 0 atom stereocenters. The quantitative estimate of drug-likeness (QED) is 0.483. The number of hydrogen-bond donors (Lipinski definition) is 1. The molecule has 8 nitrogen and oxygen atoms in total. The molecule has 0 aliphatic heterocycles. The second kappa shape index (κ2) is 7.79. The molecule has 1 aliphatic carbocycles. The van der Waals surface area contributed by atoms with Crippen LogP contribution in [0.3, 0.4) is 0 Å². The molecule has 0 saturated heterocycles. The Morgan fingerprint density at radius 3 is 2.75 bits per heavy atom. The van der Waals surface area contributed by atoms with Crippen LogP contribution >= 0.6 is 11.6 Å². The van der Waals surface area contributed by atoms with Crippen molar-refractivity contribution in [2.24, 2.45) is 7.05 Å². The van der Waals surface area contributed by atoms with Gasteiger partial charge in [0.1, 0.15) is 5.82 Å². The molecule has 1 fully saturated rings. The molecular formula is C23H24ClN7O. The van der Waals surface area contributed by atoms with E-state index in [1.807, 2.05) is 29.1 Å². The number of aromatic nitrogens is 6. The number of fused-ring (bicyclic) bond motifs is 1. The molecule has 1 aliphatic rings. The third-order valence-electron chi connectivity index (χ3n) is 6.00. The molecule has 4 aromatic rings. The SMILES string of the molecule is CC(C)n1ncc2cnc(CNC3(c4ccc(-c5cncn(C)c5=O)cc4Cl)CC3)nc21. The standard InChI is InChI=1S/C23H24ClN7O/c1-14(2)31-21-16(10-28-31)9-26-20(29-21)12-27-23(6-7-23)18-5-4-15(8-19(18)24)17-11-25-13-30(3)22(17)32/h4-5,8-11,13-14,27H,6-7,12H2,1-3H3. The minimum atomic E-state index is -0.202. The maximum absolute atomic E-state index is 12.4. The summed E-state index contributed by atoms with van der Waals surface area (Å²) in [6.45, 7) is 4.69. The van der Waals surface area contributed by atoms with Gasteiger partial charge in [-0.25, -0.2) is 19.6 Å². The molecule has 0 spiro atoms. The molecule has 0 amide bonds. The van der Waals surface area contributed by atoms with Gasteiger partial charge < -0.3 is 9.88 Å².